The standard InChI is InChI=1S/C17H16N4O/c1-12-3-5-14(6-4-12)11-21-19-17(18-20-21)16-9-7-15(8-10-16)13(2)22/h3-10H,11H2,1-2H3. The van der Waals surface area contributed by atoms with Crippen LogP contribution in [0.25, 0.3) is 11.4 Å². The molecule has 0 saturated heterocycles. The summed E-state index contributed by atoms with van der Waals surface area (Å²) in [6.07, 6.45) is 0. The molecule has 0 amide bonds. The third-order valence-electron chi connectivity index (χ3n) is 3.45. The Bertz CT molecular complexity index is 788. The molecule has 0 aliphatic rings. The summed E-state index contributed by atoms with van der Waals surface area (Å²) in [5, 5.41) is 12.5. The van der Waals surface area contributed by atoms with E-state index in [1.165, 1.54) is 5.56 Å². The fourth-order valence-electron chi connectivity index (χ4n) is 2.14. The van der Waals surface area contributed by atoms with E-state index in [9.17, 15) is 4.79 Å². The van der Waals surface area contributed by atoms with Crippen molar-refractivity contribution in [2.24, 2.45) is 0 Å². The highest BCUT2D eigenvalue weighted by Crippen LogP contribution is 2.15. The summed E-state index contributed by atoms with van der Waals surface area (Å²) in [6, 6.07) is 15.5. The minimum Gasteiger partial charge on any atom is -0.295 e. The van der Waals surface area contributed by atoms with Gasteiger partial charge in [0.1, 0.15) is 0 Å². The van der Waals surface area contributed by atoms with E-state index >= 15 is 0 Å². The lowest BCUT2D eigenvalue weighted by Crippen LogP contribution is -2.03. The second-order valence-electron chi connectivity index (χ2n) is 5.26. The summed E-state index contributed by atoms with van der Waals surface area (Å²) in [5.41, 5.74) is 3.87. The van der Waals surface area contributed by atoms with Gasteiger partial charge >= 0.3 is 0 Å². The van der Waals surface area contributed by atoms with Gasteiger partial charge in [0.15, 0.2) is 5.78 Å². The van der Waals surface area contributed by atoms with Crippen LogP contribution in [0, 0.1) is 6.92 Å². The number of carbonyl (C=O) groups excluding carboxylic acids is 1. The van der Waals surface area contributed by atoms with Gasteiger partial charge in [0.25, 0.3) is 0 Å². The van der Waals surface area contributed by atoms with E-state index in [1.807, 2.05) is 12.1 Å². The van der Waals surface area contributed by atoms with E-state index in [-0.39, 0.29) is 5.78 Å². The molecule has 0 atom stereocenters. The zero-order chi connectivity index (χ0) is 15.5. The predicted octanol–water partition coefficient (Wildman–Crippen LogP) is 2.90. The molecule has 1 aromatic heterocycles. The van der Waals surface area contributed by atoms with Gasteiger partial charge in [-0.2, -0.15) is 4.80 Å². The largest absolute Gasteiger partial charge is 0.295 e. The predicted molar refractivity (Wildman–Crippen MR) is 83.5 cm³/mol. The molecule has 0 fully saturated rings. The SMILES string of the molecule is CC(=O)c1ccc(-c2nnn(Cc3ccc(C)cc3)n2)cc1. The van der Waals surface area contributed by atoms with Gasteiger partial charge in [0, 0.05) is 11.1 Å². The molecule has 0 bridgehead atoms. The Balaban J connectivity index is 1.78. The Hall–Kier alpha value is -2.82. The lowest BCUT2D eigenvalue weighted by molar-refractivity contribution is 0.101. The summed E-state index contributed by atoms with van der Waals surface area (Å²) in [5.74, 6) is 0.602. The quantitative estimate of drug-likeness (QED) is 0.694. The van der Waals surface area contributed by atoms with Crippen molar-refractivity contribution in [1.29, 1.82) is 0 Å². The summed E-state index contributed by atoms with van der Waals surface area (Å²) in [4.78, 5) is 12.8. The highest BCUT2D eigenvalue weighted by molar-refractivity contribution is 5.94. The molecule has 2 aromatic carbocycles. The Labute approximate surface area is 128 Å². The third kappa shape index (κ3) is 3.09. The average Bonchev–Trinajstić information content (AvgIpc) is 2.98. The van der Waals surface area contributed by atoms with Crippen molar-refractivity contribution in [2.75, 3.05) is 0 Å². The van der Waals surface area contributed by atoms with Crippen LogP contribution in [0.1, 0.15) is 28.4 Å². The average molecular weight is 292 g/mol. The van der Waals surface area contributed by atoms with Crippen molar-refractivity contribution in [1.82, 2.24) is 20.2 Å². The molecule has 22 heavy (non-hydrogen) atoms. The molecule has 5 nitrogen and oxygen atoms in total. The number of hydrogen-bond donors (Lipinski definition) is 0. The highest BCUT2D eigenvalue weighted by atomic mass is 16.1. The number of aryl methyl sites for hydroxylation is 1. The van der Waals surface area contributed by atoms with Crippen LogP contribution >= 0.6 is 0 Å². The molecule has 0 spiro atoms. The van der Waals surface area contributed by atoms with Crippen LogP contribution < -0.4 is 0 Å². The van der Waals surface area contributed by atoms with Gasteiger partial charge in [-0.05, 0) is 24.6 Å². The molecule has 0 saturated carbocycles. The van der Waals surface area contributed by atoms with Crippen molar-refractivity contribution in [3.63, 3.8) is 0 Å². The number of rotatable bonds is 4. The number of ketones is 1. The lowest BCUT2D eigenvalue weighted by Gasteiger charge is -2.00. The van der Waals surface area contributed by atoms with Crippen molar-refractivity contribution in [3.8, 4) is 11.4 Å². The van der Waals surface area contributed by atoms with Crippen molar-refractivity contribution < 1.29 is 4.79 Å². The van der Waals surface area contributed by atoms with E-state index in [0.717, 1.165) is 11.1 Å². The van der Waals surface area contributed by atoms with Crippen LogP contribution in [0.2, 0.25) is 0 Å². The van der Waals surface area contributed by atoms with Crippen molar-refractivity contribution in [2.45, 2.75) is 20.4 Å². The summed E-state index contributed by atoms with van der Waals surface area (Å²) in [6.45, 7) is 4.18. The normalized spacial score (nSPS) is 10.6. The van der Waals surface area contributed by atoms with Gasteiger partial charge in [-0.3, -0.25) is 4.79 Å². The number of nitrogens with zero attached hydrogens (tertiary/aromatic N) is 4. The molecule has 3 aromatic rings. The third-order valence-corrected chi connectivity index (χ3v) is 3.45. The van der Waals surface area contributed by atoms with Crippen LogP contribution in [0.3, 0.4) is 0 Å². The smallest absolute Gasteiger partial charge is 0.204 e. The Morgan fingerprint density at radius 2 is 1.73 bits per heavy atom. The minimum absolute atomic E-state index is 0.0440. The van der Waals surface area contributed by atoms with Gasteiger partial charge < -0.3 is 0 Å². The molecule has 5 heteroatoms. The van der Waals surface area contributed by atoms with Crippen LogP contribution in [-0.4, -0.2) is 26.0 Å². The second-order valence-corrected chi connectivity index (χ2v) is 5.26. The van der Waals surface area contributed by atoms with Crippen molar-refractivity contribution in [3.05, 3.63) is 65.2 Å². The van der Waals surface area contributed by atoms with E-state index in [1.54, 1.807) is 23.9 Å². The first-order chi connectivity index (χ1) is 10.6. The summed E-state index contributed by atoms with van der Waals surface area (Å²) in [7, 11) is 0. The number of hydrogen-bond acceptors (Lipinski definition) is 4. The van der Waals surface area contributed by atoms with E-state index in [4.69, 9.17) is 0 Å². The zero-order valence-electron chi connectivity index (χ0n) is 12.5. The second kappa shape index (κ2) is 5.89. The van der Waals surface area contributed by atoms with E-state index in [0.29, 0.717) is 17.9 Å². The zero-order valence-corrected chi connectivity index (χ0v) is 12.5. The Morgan fingerprint density at radius 3 is 2.36 bits per heavy atom. The molecule has 0 radical (unpaired) electrons. The van der Waals surface area contributed by atoms with Crippen LogP contribution in [-0.2, 0) is 6.54 Å². The molecule has 110 valence electrons. The number of benzene rings is 2. The number of aromatic nitrogens is 4. The molecule has 0 N–H and O–H groups in total. The first kappa shape index (κ1) is 14.1. The number of carbonyl (C=O) groups is 1. The van der Waals surface area contributed by atoms with Gasteiger partial charge in [-0.25, -0.2) is 0 Å². The van der Waals surface area contributed by atoms with Gasteiger partial charge in [0.2, 0.25) is 5.82 Å². The summed E-state index contributed by atoms with van der Waals surface area (Å²) < 4.78 is 0. The van der Waals surface area contributed by atoms with Crippen molar-refractivity contribution >= 4 is 5.78 Å². The molecule has 0 unspecified atom stereocenters. The maximum absolute atomic E-state index is 11.3. The number of Topliss-reactive ketones (excluding diaryl/α,β-unsaturated/α-hetero) is 1. The van der Waals surface area contributed by atoms with Gasteiger partial charge in [-0.1, -0.05) is 54.1 Å². The van der Waals surface area contributed by atoms with Crippen LogP contribution in [0.5, 0.6) is 0 Å². The lowest BCUT2D eigenvalue weighted by atomic mass is 10.1. The highest BCUT2D eigenvalue weighted by Gasteiger charge is 2.07. The molecular weight excluding hydrogens is 276 g/mol. The van der Waals surface area contributed by atoms with Crippen LogP contribution in [0.4, 0.5) is 0 Å². The fraction of sp³-hybridized carbons (Fsp3) is 0.176. The van der Waals surface area contributed by atoms with E-state index in [2.05, 4.69) is 46.6 Å². The number of tetrazole rings is 1. The molecule has 1 heterocycles. The maximum atomic E-state index is 11.3. The monoisotopic (exact) mass is 292 g/mol. The van der Waals surface area contributed by atoms with Gasteiger partial charge in [-0.15, -0.1) is 10.2 Å². The summed E-state index contributed by atoms with van der Waals surface area (Å²) >= 11 is 0. The van der Waals surface area contributed by atoms with Gasteiger partial charge in [0.05, 0.1) is 6.54 Å². The van der Waals surface area contributed by atoms with E-state index < -0.39 is 0 Å². The molecule has 0 aliphatic heterocycles. The molecular formula is C17H16N4O. The Kier molecular flexibility index (Phi) is 3.78. The Morgan fingerprint density at radius 1 is 1.05 bits per heavy atom. The minimum atomic E-state index is 0.0440. The maximum Gasteiger partial charge on any atom is 0.204 e. The molecule has 0 aliphatic carbocycles. The first-order valence-electron chi connectivity index (χ1n) is 7.06. The molecule has 3 rings (SSSR count). The fourth-order valence-corrected chi connectivity index (χ4v) is 2.14. The van der Waals surface area contributed by atoms with Crippen LogP contribution in [0.15, 0.2) is 48.5 Å². The topological polar surface area (TPSA) is 60.7 Å². The first-order valence-corrected chi connectivity index (χ1v) is 7.06.